The SMILES string of the molecule is CC(C)(C)C(O)COCC1CCCO1. The fourth-order valence-corrected chi connectivity index (χ4v) is 1.34. The molecule has 1 N–H and O–H groups in total. The van der Waals surface area contributed by atoms with Gasteiger partial charge in [0.1, 0.15) is 0 Å². The second kappa shape index (κ2) is 5.10. The molecule has 1 aliphatic heterocycles. The minimum Gasteiger partial charge on any atom is -0.390 e. The summed E-state index contributed by atoms with van der Waals surface area (Å²) in [5.74, 6) is 0. The Kier molecular flexibility index (Phi) is 4.35. The summed E-state index contributed by atoms with van der Waals surface area (Å²) >= 11 is 0. The lowest BCUT2D eigenvalue weighted by Gasteiger charge is -2.25. The Morgan fingerprint density at radius 1 is 1.50 bits per heavy atom. The van der Waals surface area contributed by atoms with Gasteiger partial charge in [-0.2, -0.15) is 0 Å². The van der Waals surface area contributed by atoms with Crippen molar-refractivity contribution in [1.82, 2.24) is 0 Å². The molecule has 14 heavy (non-hydrogen) atoms. The van der Waals surface area contributed by atoms with E-state index in [1.165, 1.54) is 0 Å². The zero-order valence-electron chi connectivity index (χ0n) is 9.45. The number of hydrogen-bond donors (Lipinski definition) is 1. The van der Waals surface area contributed by atoms with Crippen LogP contribution in [0.15, 0.2) is 0 Å². The van der Waals surface area contributed by atoms with Crippen LogP contribution in [0.25, 0.3) is 0 Å². The zero-order chi connectivity index (χ0) is 10.6. The Morgan fingerprint density at radius 2 is 2.21 bits per heavy atom. The van der Waals surface area contributed by atoms with Crippen molar-refractivity contribution in [2.24, 2.45) is 5.41 Å². The lowest BCUT2D eigenvalue weighted by atomic mass is 9.90. The molecule has 0 aliphatic carbocycles. The Labute approximate surface area is 86.4 Å². The van der Waals surface area contributed by atoms with Crippen LogP contribution in [0.5, 0.6) is 0 Å². The third kappa shape index (κ3) is 3.95. The van der Waals surface area contributed by atoms with Crippen LogP contribution in [0.2, 0.25) is 0 Å². The summed E-state index contributed by atoms with van der Waals surface area (Å²) in [5, 5.41) is 9.69. The summed E-state index contributed by atoms with van der Waals surface area (Å²) in [4.78, 5) is 0. The van der Waals surface area contributed by atoms with Crippen molar-refractivity contribution in [3.8, 4) is 0 Å². The summed E-state index contributed by atoms with van der Waals surface area (Å²) in [7, 11) is 0. The van der Waals surface area contributed by atoms with Crippen molar-refractivity contribution < 1.29 is 14.6 Å². The Balaban J connectivity index is 2.08. The van der Waals surface area contributed by atoms with Crippen LogP contribution in [0.1, 0.15) is 33.6 Å². The summed E-state index contributed by atoms with van der Waals surface area (Å²) in [6, 6.07) is 0. The van der Waals surface area contributed by atoms with Crippen LogP contribution in [0.3, 0.4) is 0 Å². The maximum atomic E-state index is 9.69. The molecule has 84 valence electrons. The molecule has 0 radical (unpaired) electrons. The Morgan fingerprint density at radius 3 is 2.71 bits per heavy atom. The van der Waals surface area contributed by atoms with Gasteiger partial charge in [0.15, 0.2) is 0 Å². The highest BCUT2D eigenvalue weighted by atomic mass is 16.5. The van der Waals surface area contributed by atoms with Gasteiger partial charge in [-0.25, -0.2) is 0 Å². The normalized spacial score (nSPS) is 25.3. The predicted octanol–water partition coefficient (Wildman–Crippen LogP) is 1.59. The molecular formula is C11H22O3. The van der Waals surface area contributed by atoms with E-state index in [1.54, 1.807) is 0 Å². The fraction of sp³-hybridized carbons (Fsp3) is 1.00. The average molecular weight is 202 g/mol. The highest BCUT2D eigenvalue weighted by molar-refractivity contribution is 4.72. The van der Waals surface area contributed by atoms with E-state index >= 15 is 0 Å². The van der Waals surface area contributed by atoms with Gasteiger partial charge in [-0.05, 0) is 18.3 Å². The minimum absolute atomic E-state index is 0.101. The molecule has 1 aliphatic rings. The highest BCUT2D eigenvalue weighted by Gasteiger charge is 2.23. The molecule has 0 spiro atoms. The third-order valence-corrected chi connectivity index (χ3v) is 2.60. The van der Waals surface area contributed by atoms with Gasteiger partial charge in [0.2, 0.25) is 0 Å². The van der Waals surface area contributed by atoms with Crippen LogP contribution in [-0.2, 0) is 9.47 Å². The van der Waals surface area contributed by atoms with Gasteiger partial charge in [0.05, 0.1) is 25.4 Å². The van der Waals surface area contributed by atoms with E-state index < -0.39 is 6.10 Å². The molecule has 0 aromatic carbocycles. The summed E-state index contributed by atoms with van der Waals surface area (Å²) in [6.45, 7) is 7.90. The van der Waals surface area contributed by atoms with Gasteiger partial charge >= 0.3 is 0 Å². The first-order valence-corrected chi connectivity index (χ1v) is 5.37. The van der Waals surface area contributed by atoms with E-state index in [4.69, 9.17) is 9.47 Å². The van der Waals surface area contributed by atoms with E-state index in [-0.39, 0.29) is 11.5 Å². The van der Waals surface area contributed by atoms with Crippen LogP contribution in [0.4, 0.5) is 0 Å². The Hall–Kier alpha value is -0.120. The number of hydrogen-bond acceptors (Lipinski definition) is 3. The fourth-order valence-electron chi connectivity index (χ4n) is 1.34. The van der Waals surface area contributed by atoms with Gasteiger partial charge < -0.3 is 14.6 Å². The lowest BCUT2D eigenvalue weighted by molar-refractivity contribution is -0.0482. The van der Waals surface area contributed by atoms with Gasteiger partial charge in [0, 0.05) is 6.61 Å². The topological polar surface area (TPSA) is 38.7 Å². The summed E-state index contributed by atoms with van der Waals surface area (Å²) in [6.07, 6.45) is 2.08. The average Bonchev–Trinajstić information content (AvgIpc) is 2.55. The molecule has 0 amide bonds. The largest absolute Gasteiger partial charge is 0.390 e. The number of ether oxygens (including phenoxy) is 2. The molecule has 0 bridgehead atoms. The molecule has 2 unspecified atom stereocenters. The van der Waals surface area contributed by atoms with E-state index in [0.717, 1.165) is 19.4 Å². The first-order chi connectivity index (χ1) is 6.50. The van der Waals surface area contributed by atoms with Gasteiger partial charge in [-0.15, -0.1) is 0 Å². The minimum atomic E-state index is -0.399. The maximum Gasteiger partial charge on any atom is 0.0821 e. The van der Waals surface area contributed by atoms with Crippen LogP contribution < -0.4 is 0 Å². The Bertz CT molecular complexity index is 156. The summed E-state index contributed by atoms with van der Waals surface area (Å²) < 4.78 is 10.8. The molecule has 1 saturated heterocycles. The van der Waals surface area contributed by atoms with E-state index in [1.807, 2.05) is 20.8 Å². The molecule has 0 saturated carbocycles. The molecule has 3 heteroatoms. The third-order valence-electron chi connectivity index (χ3n) is 2.60. The van der Waals surface area contributed by atoms with Crippen molar-refractivity contribution >= 4 is 0 Å². The second-order valence-corrected chi connectivity index (χ2v) is 5.05. The first-order valence-electron chi connectivity index (χ1n) is 5.37. The van der Waals surface area contributed by atoms with Crippen molar-refractivity contribution in [3.05, 3.63) is 0 Å². The first kappa shape index (κ1) is 12.0. The molecule has 1 heterocycles. The predicted molar refractivity (Wildman–Crippen MR) is 55.3 cm³/mol. The zero-order valence-corrected chi connectivity index (χ0v) is 9.45. The molecule has 1 fully saturated rings. The molecule has 3 nitrogen and oxygen atoms in total. The molecule has 2 atom stereocenters. The molecule has 1 rings (SSSR count). The van der Waals surface area contributed by atoms with Gasteiger partial charge in [-0.1, -0.05) is 20.8 Å². The standard InChI is InChI=1S/C11H22O3/c1-11(2,3)10(12)8-13-7-9-5-4-6-14-9/h9-10,12H,4-8H2,1-3H3. The van der Waals surface area contributed by atoms with Crippen molar-refractivity contribution in [2.45, 2.75) is 45.8 Å². The molecule has 0 aromatic heterocycles. The number of aliphatic hydroxyl groups is 1. The second-order valence-electron chi connectivity index (χ2n) is 5.05. The smallest absolute Gasteiger partial charge is 0.0821 e. The summed E-state index contributed by atoms with van der Waals surface area (Å²) in [5.41, 5.74) is -0.101. The number of aliphatic hydroxyl groups excluding tert-OH is 1. The van der Waals surface area contributed by atoms with Gasteiger partial charge in [-0.3, -0.25) is 0 Å². The van der Waals surface area contributed by atoms with Crippen LogP contribution in [0, 0.1) is 5.41 Å². The van der Waals surface area contributed by atoms with Crippen LogP contribution >= 0.6 is 0 Å². The molecular weight excluding hydrogens is 180 g/mol. The quantitative estimate of drug-likeness (QED) is 0.752. The van der Waals surface area contributed by atoms with Crippen molar-refractivity contribution in [1.29, 1.82) is 0 Å². The van der Waals surface area contributed by atoms with Crippen molar-refractivity contribution in [2.75, 3.05) is 19.8 Å². The monoisotopic (exact) mass is 202 g/mol. The lowest BCUT2D eigenvalue weighted by Crippen LogP contribution is -2.32. The van der Waals surface area contributed by atoms with E-state index in [2.05, 4.69) is 0 Å². The maximum absolute atomic E-state index is 9.69. The van der Waals surface area contributed by atoms with E-state index in [9.17, 15) is 5.11 Å². The molecule has 0 aromatic rings. The van der Waals surface area contributed by atoms with E-state index in [0.29, 0.717) is 13.2 Å². The van der Waals surface area contributed by atoms with Crippen LogP contribution in [-0.4, -0.2) is 37.1 Å². The van der Waals surface area contributed by atoms with Crippen molar-refractivity contribution in [3.63, 3.8) is 0 Å². The van der Waals surface area contributed by atoms with Gasteiger partial charge in [0.25, 0.3) is 0 Å². The number of rotatable bonds is 4. The highest BCUT2D eigenvalue weighted by Crippen LogP contribution is 2.19.